The fourth-order valence-electron chi connectivity index (χ4n) is 1.06. The maximum atomic E-state index is 13.1. The highest BCUT2D eigenvalue weighted by molar-refractivity contribution is 7.92. The second-order valence-corrected chi connectivity index (χ2v) is 4.88. The summed E-state index contributed by atoms with van der Waals surface area (Å²) in [6.45, 7) is 1.50. The third kappa shape index (κ3) is 2.92. The summed E-state index contributed by atoms with van der Waals surface area (Å²) in [4.78, 5) is 0. The number of halogens is 1. The van der Waals surface area contributed by atoms with Crippen LogP contribution in [0.4, 0.5) is 10.1 Å². The van der Waals surface area contributed by atoms with Crippen molar-refractivity contribution in [3.8, 4) is 6.07 Å². The molecule has 0 unspecified atom stereocenters. The zero-order valence-electron chi connectivity index (χ0n) is 8.20. The maximum Gasteiger partial charge on any atom is 0.229 e. The van der Waals surface area contributed by atoms with E-state index in [0.717, 1.165) is 12.3 Å². The molecule has 0 bridgehead atoms. The summed E-state index contributed by atoms with van der Waals surface area (Å²) in [7, 11) is -3.51. The van der Waals surface area contributed by atoms with Crippen LogP contribution in [0.5, 0.6) is 0 Å². The van der Waals surface area contributed by atoms with E-state index in [1.165, 1.54) is 13.0 Å². The van der Waals surface area contributed by atoms with E-state index >= 15 is 0 Å². The molecular weight excluding hydrogens is 219 g/mol. The number of nitrogens with zero attached hydrogens (tertiary/aromatic N) is 1. The van der Waals surface area contributed by atoms with E-state index in [1.54, 1.807) is 6.07 Å². The Hall–Kier alpha value is -1.61. The largest absolute Gasteiger partial charge is 0.282 e. The normalized spacial score (nSPS) is 10.8. The smallest absolute Gasteiger partial charge is 0.229 e. The van der Waals surface area contributed by atoms with E-state index < -0.39 is 15.8 Å². The van der Waals surface area contributed by atoms with Gasteiger partial charge in [0.15, 0.2) is 0 Å². The summed E-state index contributed by atoms with van der Waals surface area (Å²) in [6, 6.07) is 4.08. The van der Waals surface area contributed by atoms with Crippen molar-refractivity contribution in [2.24, 2.45) is 0 Å². The molecule has 0 aromatic heterocycles. The van der Waals surface area contributed by atoms with Crippen LogP contribution >= 0.6 is 0 Å². The molecule has 0 saturated carbocycles. The van der Waals surface area contributed by atoms with Gasteiger partial charge in [-0.3, -0.25) is 4.72 Å². The molecule has 15 heavy (non-hydrogen) atoms. The third-order valence-electron chi connectivity index (χ3n) is 1.71. The second-order valence-electron chi connectivity index (χ2n) is 3.13. The molecule has 1 aromatic rings. The molecule has 0 aliphatic heterocycles. The number of aryl methyl sites for hydroxylation is 1. The summed E-state index contributed by atoms with van der Waals surface area (Å²) in [6.07, 6.45) is 0.936. The molecule has 0 fully saturated rings. The fourth-order valence-corrected chi connectivity index (χ4v) is 1.63. The van der Waals surface area contributed by atoms with Crippen LogP contribution in [0, 0.1) is 24.1 Å². The minimum atomic E-state index is -3.51. The minimum Gasteiger partial charge on any atom is -0.282 e. The lowest BCUT2D eigenvalue weighted by atomic mass is 10.1. The molecule has 1 N–H and O–H groups in total. The summed E-state index contributed by atoms with van der Waals surface area (Å²) >= 11 is 0. The number of nitriles is 1. The number of hydrogen-bond acceptors (Lipinski definition) is 3. The van der Waals surface area contributed by atoms with E-state index in [4.69, 9.17) is 5.26 Å². The average Bonchev–Trinajstić information content (AvgIpc) is 2.08. The standard InChI is InChI=1S/C9H9FN2O2S/c1-6-3-7(5-11)9(4-8(6)10)12-15(2,13)14/h3-4,12H,1-2H3. The molecule has 1 rings (SSSR count). The third-order valence-corrected chi connectivity index (χ3v) is 2.31. The van der Waals surface area contributed by atoms with Gasteiger partial charge in [-0.25, -0.2) is 12.8 Å². The lowest BCUT2D eigenvalue weighted by Gasteiger charge is -2.07. The Kier molecular flexibility index (Phi) is 2.95. The minimum absolute atomic E-state index is 0.0388. The molecule has 0 aliphatic carbocycles. The zero-order chi connectivity index (χ0) is 11.6. The number of anilines is 1. The van der Waals surface area contributed by atoms with Crippen LogP contribution in [0.1, 0.15) is 11.1 Å². The monoisotopic (exact) mass is 228 g/mol. The zero-order valence-corrected chi connectivity index (χ0v) is 9.02. The summed E-state index contributed by atoms with van der Waals surface area (Å²) in [5.41, 5.74) is 0.355. The molecular formula is C9H9FN2O2S. The topological polar surface area (TPSA) is 70.0 Å². The Bertz CT molecular complexity index is 532. The fraction of sp³-hybridized carbons (Fsp3) is 0.222. The van der Waals surface area contributed by atoms with Crippen LogP contribution in [0.3, 0.4) is 0 Å². The Labute approximate surface area is 87.4 Å². The Morgan fingerprint density at radius 3 is 2.53 bits per heavy atom. The van der Waals surface area contributed by atoms with E-state index in [1.807, 2.05) is 0 Å². The van der Waals surface area contributed by atoms with Gasteiger partial charge < -0.3 is 0 Å². The maximum absolute atomic E-state index is 13.1. The van der Waals surface area contributed by atoms with Crippen LogP contribution in [-0.4, -0.2) is 14.7 Å². The van der Waals surface area contributed by atoms with Crippen LogP contribution in [-0.2, 0) is 10.0 Å². The molecule has 6 heteroatoms. The SMILES string of the molecule is Cc1cc(C#N)c(NS(C)(=O)=O)cc1F. The highest BCUT2D eigenvalue weighted by Gasteiger charge is 2.10. The van der Waals surface area contributed by atoms with E-state index in [-0.39, 0.29) is 11.3 Å². The van der Waals surface area contributed by atoms with Crippen LogP contribution in [0.2, 0.25) is 0 Å². The number of rotatable bonds is 2. The summed E-state index contributed by atoms with van der Waals surface area (Å²) in [5, 5.41) is 8.72. The van der Waals surface area contributed by atoms with Gasteiger partial charge in [-0.2, -0.15) is 5.26 Å². The van der Waals surface area contributed by atoms with Crippen molar-refractivity contribution < 1.29 is 12.8 Å². The van der Waals surface area contributed by atoms with Crippen molar-refractivity contribution in [3.05, 3.63) is 29.1 Å². The first kappa shape index (κ1) is 11.5. The van der Waals surface area contributed by atoms with Gasteiger partial charge in [0.25, 0.3) is 0 Å². The van der Waals surface area contributed by atoms with Gasteiger partial charge in [-0.1, -0.05) is 0 Å². The lowest BCUT2D eigenvalue weighted by molar-refractivity contribution is 0.606. The molecule has 4 nitrogen and oxygen atoms in total. The summed E-state index contributed by atoms with van der Waals surface area (Å²) < 4.78 is 37.0. The van der Waals surface area contributed by atoms with Gasteiger partial charge in [-0.05, 0) is 24.6 Å². The first-order chi connectivity index (χ1) is 6.83. The quantitative estimate of drug-likeness (QED) is 0.831. The molecule has 0 saturated heterocycles. The van der Waals surface area contributed by atoms with Gasteiger partial charge in [0.2, 0.25) is 10.0 Å². The first-order valence-electron chi connectivity index (χ1n) is 4.01. The Morgan fingerprint density at radius 1 is 1.47 bits per heavy atom. The van der Waals surface area contributed by atoms with Crippen LogP contribution in [0.15, 0.2) is 12.1 Å². The highest BCUT2D eigenvalue weighted by atomic mass is 32.2. The van der Waals surface area contributed by atoms with Gasteiger partial charge in [0.1, 0.15) is 11.9 Å². The van der Waals surface area contributed by atoms with E-state index in [0.29, 0.717) is 5.56 Å². The molecule has 0 aliphatic rings. The second kappa shape index (κ2) is 3.87. The number of benzene rings is 1. The predicted molar refractivity (Wildman–Crippen MR) is 54.3 cm³/mol. The molecule has 80 valence electrons. The molecule has 0 amide bonds. The Morgan fingerprint density at radius 2 is 2.07 bits per heavy atom. The van der Waals surface area contributed by atoms with Gasteiger partial charge >= 0.3 is 0 Å². The molecule has 0 radical (unpaired) electrons. The van der Waals surface area contributed by atoms with Crippen molar-refractivity contribution in [1.29, 1.82) is 5.26 Å². The van der Waals surface area contributed by atoms with Crippen LogP contribution in [0.25, 0.3) is 0 Å². The van der Waals surface area contributed by atoms with Crippen LogP contribution < -0.4 is 4.72 Å². The van der Waals surface area contributed by atoms with Crippen molar-refractivity contribution in [1.82, 2.24) is 0 Å². The number of nitrogens with one attached hydrogen (secondary N) is 1. The molecule has 0 heterocycles. The predicted octanol–water partition coefficient (Wildman–Crippen LogP) is 1.38. The average molecular weight is 228 g/mol. The lowest BCUT2D eigenvalue weighted by Crippen LogP contribution is -2.11. The number of hydrogen-bond donors (Lipinski definition) is 1. The first-order valence-corrected chi connectivity index (χ1v) is 5.90. The highest BCUT2D eigenvalue weighted by Crippen LogP contribution is 2.20. The van der Waals surface area contributed by atoms with Crippen molar-refractivity contribution in [2.45, 2.75) is 6.92 Å². The molecule has 1 aromatic carbocycles. The Balaban J connectivity index is 3.30. The summed E-state index contributed by atoms with van der Waals surface area (Å²) in [5.74, 6) is -0.555. The van der Waals surface area contributed by atoms with Crippen molar-refractivity contribution >= 4 is 15.7 Å². The molecule has 0 atom stereocenters. The van der Waals surface area contributed by atoms with Crippen molar-refractivity contribution in [2.75, 3.05) is 11.0 Å². The number of sulfonamides is 1. The van der Waals surface area contributed by atoms with Gasteiger partial charge in [0.05, 0.1) is 17.5 Å². The van der Waals surface area contributed by atoms with E-state index in [9.17, 15) is 12.8 Å². The van der Waals surface area contributed by atoms with Crippen molar-refractivity contribution in [3.63, 3.8) is 0 Å². The van der Waals surface area contributed by atoms with Gasteiger partial charge in [0, 0.05) is 0 Å². The van der Waals surface area contributed by atoms with E-state index in [2.05, 4.69) is 4.72 Å². The molecule has 0 spiro atoms. The van der Waals surface area contributed by atoms with Gasteiger partial charge in [-0.15, -0.1) is 0 Å².